The second-order valence-corrected chi connectivity index (χ2v) is 0.316. The second-order valence-electron chi connectivity index (χ2n) is 0.316. The van der Waals surface area contributed by atoms with Gasteiger partial charge < -0.3 is 5.11 Å². The first kappa shape index (κ1) is 8.83. The second kappa shape index (κ2) is 9.33. The van der Waals surface area contributed by atoms with E-state index >= 15 is 0 Å². The average Bonchev–Trinajstić information content (AvgIpc) is 0.918. The van der Waals surface area contributed by atoms with E-state index in [1.54, 1.807) is 6.92 Å². The summed E-state index contributed by atoms with van der Waals surface area (Å²) in [5.41, 5.74) is 0. The molecule has 0 bridgehead atoms. The summed E-state index contributed by atoms with van der Waals surface area (Å²) >= 11 is 0. The van der Waals surface area contributed by atoms with Crippen molar-refractivity contribution < 1.29 is 27.5 Å². The Morgan fingerprint density at radius 1 is 1.75 bits per heavy atom. The average molecular weight is 139 g/mol. The third-order valence-electron chi connectivity index (χ3n) is 0. The van der Waals surface area contributed by atoms with Gasteiger partial charge >= 0.3 is 0 Å². The van der Waals surface area contributed by atoms with Gasteiger partial charge in [0.15, 0.2) is 0 Å². The summed E-state index contributed by atoms with van der Waals surface area (Å²) in [5.74, 6) is 0. The van der Waals surface area contributed by atoms with Gasteiger partial charge in [-0.1, -0.05) is 0 Å². The zero-order valence-electron chi connectivity index (χ0n) is 2.60. The van der Waals surface area contributed by atoms with Crippen molar-refractivity contribution in [2.24, 2.45) is 0 Å². The van der Waals surface area contributed by atoms with Gasteiger partial charge in [-0.25, -0.2) is 0 Å². The van der Waals surface area contributed by atoms with E-state index in [1.165, 1.54) is 0 Å². The summed E-state index contributed by atoms with van der Waals surface area (Å²) < 4.78 is 0. The van der Waals surface area contributed by atoms with Crippen LogP contribution in [0.4, 0.5) is 0 Å². The van der Waals surface area contributed by atoms with Crippen LogP contribution in [0.2, 0.25) is 0 Å². The maximum atomic E-state index is 7.57. The molecule has 0 fully saturated rings. The Labute approximate surface area is 41.5 Å². The predicted molar refractivity (Wildman–Crippen MR) is 12.8 cm³/mol. The van der Waals surface area contributed by atoms with Crippen molar-refractivity contribution in [3.8, 4) is 0 Å². The molecule has 0 aliphatic carbocycles. The van der Waals surface area contributed by atoms with E-state index in [2.05, 4.69) is 0 Å². The van der Waals surface area contributed by atoms with Gasteiger partial charge in [-0.05, 0) is 6.92 Å². The van der Waals surface area contributed by atoms with Gasteiger partial charge in [0.25, 0.3) is 0 Å². The Kier molecular flexibility index (Phi) is 20.6. The smallest absolute Gasteiger partial charge is 0.0402 e. The molecular formula is C2H6NbO. The fraction of sp³-hybridized carbons (Fsp3) is 1.00. The molecule has 0 aromatic carbocycles. The molecule has 0 aromatic rings. The van der Waals surface area contributed by atoms with Gasteiger partial charge in [0.2, 0.25) is 0 Å². The van der Waals surface area contributed by atoms with E-state index in [0.29, 0.717) is 0 Å². The van der Waals surface area contributed by atoms with E-state index in [0.717, 1.165) is 0 Å². The van der Waals surface area contributed by atoms with Crippen LogP contribution in [-0.2, 0) is 22.4 Å². The Hall–Kier alpha value is 0.700. The molecule has 0 aliphatic heterocycles. The number of hydrogen-bond donors (Lipinski definition) is 1. The molecule has 0 aromatic heterocycles. The van der Waals surface area contributed by atoms with Crippen LogP contribution in [0, 0.1) is 0 Å². The van der Waals surface area contributed by atoms with Crippen LogP contribution < -0.4 is 0 Å². The third-order valence-corrected chi connectivity index (χ3v) is 0. The molecule has 0 saturated carbocycles. The van der Waals surface area contributed by atoms with Crippen LogP contribution >= 0.6 is 0 Å². The molecule has 4 heavy (non-hydrogen) atoms. The molecule has 0 amide bonds. The normalized spacial score (nSPS) is 4.50. The Morgan fingerprint density at radius 3 is 1.75 bits per heavy atom. The minimum atomic E-state index is 0. The first-order chi connectivity index (χ1) is 1.41. The van der Waals surface area contributed by atoms with Crippen molar-refractivity contribution in [2.75, 3.05) is 6.61 Å². The van der Waals surface area contributed by atoms with Crippen LogP contribution in [0.25, 0.3) is 0 Å². The fourth-order valence-electron chi connectivity index (χ4n) is 0. The Morgan fingerprint density at radius 2 is 1.75 bits per heavy atom. The first-order valence-electron chi connectivity index (χ1n) is 1.02. The third kappa shape index (κ3) is 15.9. The molecule has 0 spiro atoms. The van der Waals surface area contributed by atoms with Crippen molar-refractivity contribution in [3.05, 3.63) is 0 Å². The van der Waals surface area contributed by atoms with Crippen LogP contribution in [0.15, 0.2) is 0 Å². The van der Waals surface area contributed by atoms with Crippen molar-refractivity contribution in [2.45, 2.75) is 6.92 Å². The molecule has 0 heterocycles. The molecule has 2 heteroatoms. The molecular weight excluding hydrogens is 133 g/mol. The van der Waals surface area contributed by atoms with Gasteiger partial charge in [0.05, 0.1) is 0 Å². The summed E-state index contributed by atoms with van der Waals surface area (Å²) in [6.45, 7) is 1.93. The van der Waals surface area contributed by atoms with Crippen LogP contribution in [0.5, 0.6) is 0 Å². The maximum absolute atomic E-state index is 7.57. The molecule has 25 valence electrons. The largest absolute Gasteiger partial charge is 0.397 e. The van der Waals surface area contributed by atoms with E-state index in [4.69, 9.17) is 5.11 Å². The van der Waals surface area contributed by atoms with E-state index < -0.39 is 0 Å². The van der Waals surface area contributed by atoms with Crippen LogP contribution in [-0.4, -0.2) is 11.7 Å². The number of rotatable bonds is 0. The zero-order valence-corrected chi connectivity index (χ0v) is 4.80. The van der Waals surface area contributed by atoms with Gasteiger partial charge in [-0.3, -0.25) is 0 Å². The molecule has 0 unspecified atom stereocenters. The number of hydrogen-bond acceptors (Lipinski definition) is 1. The SMILES string of the molecule is CCO.[Nb]. The fourth-order valence-corrected chi connectivity index (χ4v) is 0. The quantitative estimate of drug-likeness (QED) is 0.468. The van der Waals surface area contributed by atoms with E-state index in [-0.39, 0.29) is 29.0 Å². The molecule has 0 aliphatic rings. The maximum Gasteiger partial charge on any atom is 0.0402 e. The molecule has 1 nitrogen and oxygen atoms in total. The molecule has 1 N–H and O–H groups in total. The van der Waals surface area contributed by atoms with Crippen molar-refractivity contribution in [1.29, 1.82) is 0 Å². The van der Waals surface area contributed by atoms with Crippen LogP contribution in [0.3, 0.4) is 0 Å². The van der Waals surface area contributed by atoms with Gasteiger partial charge in [-0.2, -0.15) is 0 Å². The summed E-state index contributed by atoms with van der Waals surface area (Å²) in [7, 11) is 0. The monoisotopic (exact) mass is 139 g/mol. The van der Waals surface area contributed by atoms with Crippen molar-refractivity contribution >= 4 is 0 Å². The standard InChI is InChI=1S/C2H6O.Nb/c1-2-3;/h3H,2H2,1H3;. The van der Waals surface area contributed by atoms with Crippen molar-refractivity contribution in [3.63, 3.8) is 0 Å². The summed E-state index contributed by atoms with van der Waals surface area (Å²) in [6.07, 6.45) is 0. The summed E-state index contributed by atoms with van der Waals surface area (Å²) in [6, 6.07) is 0. The zero-order chi connectivity index (χ0) is 2.71. The van der Waals surface area contributed by atoms with Gasteiger partial charge in [0, 0.05) is 29.0 Å². The first-order valence-corrected chi connectivity index (χ1v) is 1.02. The molecule has 0 rings (SSSR count). The predicted octanol–water partition coefficient (Wildman–Crippen LogP) is -0.00390. The van der Waals surface area contributed by atoms with Crippen molar-refractivity contribution in [1.82, 2.24) is 0 Å². The van der Waals surface area contributed by atoms with Crippen LogP contribution in [0.1, 0.15) is 6.92 Å². The topological polar surface area (TPSA) is 20.2 Å². The molecule has 1 radical (unpaired) electrons. The van der Waals surface area contributed by atoms with Gasteiger partial charge in [-0.15, -0.1) is 0 Å². The summed E-state index contributed by atoms with van der Waals surface area (Å²) in [5, 5.41) is 7.57. The minimum Gasteiger partial charge on any atom is -0.397 e. The number of aliphatic hydroxyl groups excluding tert-OH is 1. The molecule has 0 saturated heterocycles. The minimum absolute atomic E-state index is 0. The molecule has 0 atom stereocenters. The van der Waals surface area contributed by atoms with E-state index in [9.17, 15) is 0 Å². The van der Waals surface area contributed by atoms with E-state index in [1.807, 2.05) is 0 Å². The number of aliphatic hydroxyl groups is 1. The van der Waals surface area contributed by atoms with Gasteiger partial charge in [0.1, 0.15) is 0 Å². The Bertz CT molecular complexity index is 6.00. The Balaban J connectivity index is 0. The summed E-state index contributed by atoms with van der Waals surface area (Å²) in [4.78, 5) is 0.